The molecule has 1 aromatic heterocycles. The van der Waals surface area contributed by atoms with Gasteiger partial charge in [0.1, 0.15) is 5.54 Å². The zero-order valence-electron chi connectivity index (χ0n) is 11.5. The van der Waals surface area contributed by atoms with Gasteiger partial charge in [-0.2, -0.15) is 5.26 Å². The molecule has 104 valence electrons. The molecule has 1 atom stereocenters. The number of aromatic nitrogens is 2. The van der Waals surface area contributed by atoms with Gasteiger partial charge in [0.25, 0.3) is 5.22 Å². The summed E-state index contributed by atoms with van der Waals surface area (Å²) in [7, 11) is 0. The highest BCUT2D eigenvalue weighted by Crippen LogP contribution is 2.27. The van der Waals surface area contributed by atoms with Crippen LogP contribution in [0.1, 0.15) is 44.9 Å². The average molecular weight is 280 g/mol. The Hall–Kier alpha value is -1.06. The lowest BCUT2D eigenvalue weighted by atomic mass is 9.92. The van der Waals surface area contributed by atoms with Gasteiger partial charge in [0.15, 0.2) is 0 Å². The van der Waals surface area contributed by atoms with E-state index in [9.17, 15) is 5.26 Å². The van der Waals surface area contributed by atoms with E-state index in [-0.39, 0.29) is 5.54 Å². The fraction of sp³-hybridized carbons (Fsp3) is 0.769. The summed E-state index contributed by atoms with van der Waals surface area (Å²) in [6, 6.07) is 3.03. The van der Waals surface area contributed by atoms with Gasteiger partial charge in [-0.15, -0.1) is 10.2 Å². The van der Waals surface area contributed by atoms with Crippen LogP contribution in [0, 0.1) is 18.3 Å². The van der Waals surface area contributed by atoms with E-state index in [4.69, 9.17) is 4.42 Å². The van der Waals surface area contributed by atoms with Gasteiger partial charge in [-0.25, -0.2) is 0 Å². The number of hydrogen-bond donors (Lipinski definition) is 1. The summed E-state index contributed by atoms with van der Waals surface area (Å²) in [5, 5.41) is 21.3. The molecule has 0 saturated heterocycles. The minimum absolute atomic E-state index is 0.355. The molecule has 1 aliphatic carbocycles. The molecule has 0 aliphatic heterocycles. The maximum Gasteiger partial charge on any atom is 0.276 e. The first-order valence-electron chi connectivity index (χ1n) is 6.79. The summed E-state index contributed by atoms with van der Waals surface area (Å²) < 4.78 is 5.30. The topological polar surface area (TPSA) is 74.7 Å². The molecule has 1 aliphatic rings. The standard InChI is InChI=1S/C13H20N4OS/c1-3-13(9-14,15-11-5-6-11)7-4-8-19-12-17-16-10(2)18-12/h11,15H,3-8H2,1-2H3. The Morgan fingerprint density at radius 1 is 1.53 bits per heavy atom. The Labute approximate surface area is 118 Å². The van der Waals surface area contributed by atoms with Crippen LogP contribution in [0.15, 0.2) is 9.64 Å². The van der Waals surface area contributed by atoms with Gasteiger partial charge in [0.2, 0.25) is 5.89 Å². The van der Waals surface area contributed by atoms with Crippen molar-refractivity contribution in [1.82, 2.24) is 15.5 Å². The molecule has 1 saturated carbocycles. The zero-order valence-corrected chi connectivity index (χ0v) is 12.3. The van der Waals surface area contributed by atoms with Crippen molar-refractivity contribution in [2.45, 2.75) is 62.8 Å². The first-order chi connectivity index (χ1) is 9.17. The van der Waals surface area contributed by atoms with E-state index >= 15 is 0 Å². The van der Waals surface area contributed by atoms with Crippen LogP contribution >= 0.6 is 11.8 Å². The van der Waals surface area contributed by atoms with Crippen molar-refractivity contribution in [2.75, 3.05) is 5.75 Å². The highest BCUT2D eigenvalue weighted by atomic mass is 32.2. The fourth-order valence-corrected chi connectivity index (χ4v) is 2.75. The molecular formula is C13H20N4OS. The number of rotatable bonds is 8. The van der Waals surface area contributed by atoms with Crippen LogP contribution in [0.4, 0.5) is 0 Å². The second-order valence-corrected chi connectivity index (χ2v) is 6.05. The third-order valence-corrected chi connectivity index (χ3v) is 4.26. The normalized spacial score (nSPS) is 17.9. The Kier molecular flexibility index (Phi) is 4.83. The van der Waals surface area contributed by atoms with Crippen molar-refractivity contribution < 1.29 is 4.42 Å². The molecule has 19 heavy (non-hydrogen) atoms. The van der Waals surface area contributed by atoms with Crippen LogP contribution in [-0.4, -0.2) is 27.5 Å². The first-order valence-corrected chi connectivity index (χ1v) is 7.78. The lowest BCUT2D eigenvalue weighted by Crippen LogP contribution is -2.44. The summed E-state index contributed by atoms with van der Waals surface area (Å²) in [5.74, 6) is 1.50. The molecule has 6 heteroatoms. The minimum Gasteiger partial charge on any atom is -0.416 e. The predicted octanol–water partition coefficient (Wildman–Crippen LogP) is 2.67. The summed E-state index contributed by atoms with van der Waals surface area (Å²) >= 11 is 1.56. The Morgan fingerprint density at radius 2 is 2.32 bits per heavy atom. The summed E-state index contributed by atoms with van der Waals surface area (Å²) in [4.78, 5) is 0. The Bertz CT molecular complexity index is 452. The van der Waals surface area contributed by atoms with Crippen molar-refractivity contribution in [3.8, 4) is 6.07 Å². The van der Waals surface area contributed by atoms with Gasteiger partial charge in [0.05, 0.1) is 6.07 Å². The molecule has 0 aromatic carbocycles. The summed E-state index contributed by atoms with van der Waals surface area (Å²) in [5.41, 5.74) is -0.355. The highest BCUT2D eigenvalue weighted by molar-refractivity contribution is 7.99. The van der Waals surface area contributed by atoms with E-state index in [1.54, 1.807) is 18.7 Å². The van der Waals surface area contributed by atoms with Gasteiger partial charge in [0, 0.05) is 18.7 Å². The zero-order chi connectivity index (χ0) is 13.7. The van der Waals surface area contributed by atoms with E-state index in [2.05, 4.69) is 28.5 Å². The quantitative estimate of drug-likeness (QED) is 0.583. The first kappa shape index (κ1) is 14.4. The maximum atomic E-state index is 9.41. The lowest BCUT2D eigenvalue weighted by molar-refractivity contribution is 0.367. The van der Waals surface area contributed by atoms with Gasteiger partial charge < -0.3 is 4.42 Å². The number of hydrogen-bond acceptors (Lipinski definition) is 6. The SMILES string of the molecule is CCC(C#N)(CCCSc1nnc(C)o1)NC1CC1. The molecule has 1 heterocycles. The molecule has 1 unspecified atom stereocenters. The largest absolute Gasteiger partial charge is 0.416 e. The van der Waals surface area contributed by atoms with Crippen molar-refractivity contribution in [1.29, 1.82) is 5.26 Å². The highest BCUT2D eigenvalue weighted by Gasteiger charge is 2.34. The van der Waals surface area contributed by atoms with Gasteiger partial charge in [-0.05, 0) is 32.1 Å². The number of nitrogens with zero attached hydrogens (tertiary/aromatic N) is 3. The van der Waals surface area contributed by atoms with Gasteiger partial charge >= 0.3 is 0 Å². The smallest absolute Gasteiger partial charge is 0.276 e. The van der Waals surface area contributed by atoms with Crippen molar-refractivity contribution in [2.24, 2.45) is 0 Å². The minimum atomic E-state index is -0.355. The number of thioether (sulfide) groups is 1. The Morgan fingerprint density at radius 3 is 2.84 bits per heavy atom. The molecule has 0 amide bonds. The molecule has 2 rings (SSSR count). The molecule has 0 bridgehead atoms. The van der Waals surface area contributed by atoms with Crippen LogP contribution in [-0.2, 0) is 0 Å². The number of nitriles is 1. The van der Waals surface area contributed by atoms with Crippen LogP contribution in [0.5, 0.6) is 0 Å². The van der Waals surface area contributed by atoms with Crippen LogP contribution in [0.2, 0.25) is 0 Å². The van der Waals surface area contributed by atoms with Crippen molar-refractivity contribution >= 4 is 11.8 Å². The second-order valence-electron chi connectivity index (χ2n) is 5.01. The van der Waals surface area contributed by atoms with E-state index in [0.29, 0.717) is 17.2 Å². The van der Waals surface area contributed by atoms with Crippen molar-refractivity contribution in [3.05, 3.63) is 5.89 Å². The third-order valence-electron chi connectivity index (χ3n) is 3.36. The average Bonchev–Trinajstić information content (AvgIpc) is 3.14. The predicted molar refractivity (Wildman–Crippen MR) is 73.8 cm³/mol. The van der Waals surface area contributed by atoms with E-state index < -0.39 is 0 Å². The number of aryl methyl sites for hydroxylation is 1. The third kappa shape index (κ3) is 4.22. The molecule has 1 N–H and O–H groups in total. The molecule has 0 radical (unpaired) electrons. The molecule has 0 spiro atoms. The monoisotopic (exact) mass is 280 g/mol. The number of nitrogens with one attached hydrogen (secondary N) is 1. The van der Waals surface area contributed by atoms with Crippen LogP contribution in [0.3, 0.4) is 0 Å². The van der Waals surface area contributed by atoms with Crippen LogP contribution in [0.25, 0.3) is 0 Å². The molecule has 1 fully saturated rings. The second kappa shape index (κ2) is 6.40. The van der Waals surface area contributed by atoms with E-state index in [1.165, 1.54) is 12.8 Å². The molecule has 1 aromatic rings. The van der Waals surface area contributed by atoms with Crippen LogP contribution < -0.4 is 5.32 Å². The van der Waals surface area contributed by atoms with Gasteiger partial charge in [-0.1, -0.05) is 18.7 Å². The fourth-order valence-electron chi connectivity index (χ4n) is 2.01. The molecule has 5 nitrogen and oxygen atoms in total. The summed E-state index contributed by atoms with van der Waals surface area (Å²) in [6.45, 7) is 3.86. The Balaban J connectivity index is 1.74. The summed E-state index contributed by atoms with van der Waals surface area (Å²) in [6.07, 6.45) is 5.10. The maximum absolute atomic E-state index is 9.41. The van der Waals surface area contributed by atoms with Crippen molar-refractivity contribution in [3.63, 3.8) is 0 Å². The van der Waals surface area contributed by atoms with E-state index in [0.717, 1.165) is 25.0 Å². The lowest BCUT2D eigenvalue weighted by Gasteiger charge is -2.26. The van der Waals surface area contributed by atoms with Gasteiger partial charge in [-0.3, -0.25) is 5.32 Å². The molecular weight excluding hydrogens is 260 g/mol. The van der Waals surface area contributed by atoms with E-state index in [1.807, 2.05) is 0 Å².